The summed E-state index contributed by atoms with van der Waals surface area (Å²) >= 11 is 7.00. The molecule has 0 radical (unpaired) electrons. The molecule has 0 aromatic carbocycles. The van der Waals surface area contributed by atoms with Gasteiger partial charge in [-0.25, -0.2) is 4.79 Å². The highest BCUT2D eigenvalue weighted by molar-refractivity contribution is 7.20. The number of urea groups is 1. The fraction of sp³-hybridized carbons (Fsp3) is 0.286. The van der Waals surface area contributed by atoms with Gasteiger partial charge >= 0.3 is 6.03 Å². The Labute approximate surface area is 79.7 Å². The summed E-state index contributed by atoms with van der Waals surface area (Å²) < 4.78 is 0.668. The summed E-state index contributed by atoms with van der Waals surface area (Å²) in [4.78, 5) is 11.0. The van der Waals surface area contributed by atoms with Crippen molar-refractivity contribution < 1.29 is 4.79 Å². The van der Waals surface area contributed by atoms with Crippen LogP contribution in [0.5, 0.6) is 0 Å². The quantitative estimate of drug-likeness (QED) is 0.764. The van der Waals surface area contributed by atoms with Gasteiger partial charge in [0.15, 0.2) is 0 Å². The zero-order valence-electron chi connectivity index (χ0n) is 6.56. The minimum atomic E-state index is -0.198. The van der Waals surface area contributed by atoms with Crippen molar-refractivity contribution in [3.63, 3.8) is 0 Å². The van der Waals surface area contributed by atoms with Crippen LogP contribution in [0.4, 0.5) is 9.80 Å². The van der Waals surface area contributed by atoms with Crippen molar-refractivity contribution in [3.8, 4) is 0 Å². The molecule has 0 aliphatic carbocycles. The lowest BCUT2D eigenvalue weighted by molar-refractivity contribution is 0.252. The zero-order chi connectivity index (χ0) is 8.97. The molecule has 0 aliphatic rings. The van der Waals surface area contributed by atoms with Crippen LogP contribution in [0, 0.1) is 0 Å². The summed E-state index contributed by atoms with van der Waals surface area (Å²) in [5, 5.41) is 6.02. The standard InChI is InChI=1S/C7H9ClN2OS/c1-2-9-7(11)10-6-4-3-5(8)12-6/h3-4H,2H2,1H3,(H2,9,10,11). The van der Waals surface area contributed by atoms with E-state index in [0.717, 1.165) is 5.00 Å². The van der Waals surface area contributed by atoms with Gasteiger partial charge in [-0.3, -0.25) is 5.32 Å². The molecule has 1 heterocycles. The van der Waals surface area contributed by atoms with E-state index in [9.17, 15) is 4.79 Å². The van der Waals surface area contributed by atoms with E-state index in [4.69, 9.17) is 11.6 Å². The predicted octanol–water partition coefficient (Wildman–Crippen LogP) is 2.54. The van der Waals surface area contributed by atoms with E-state index in [1.807, 2.05) is 6.92 Å². The molecule has 1 rings (SSSR count). The van der Waals surface area contributed by atoms with Gasteiger partial charge in [-0.15, -0.1) is 11.3 Å². The Morgan fingerprint density at radius 2 is 2.42 bits per heavy atom. The van der Waals surface area contributed by atoms with Crippen LogP contribution in [0.15, 0.2) is 12.1 Å². The van der Waals surface area contributed by atoms with Crippen molar-refractivity contribution in [2.24, 2.45) is 0 Å². The minimum absolute atomic E-state index is 0.198. The van der Waals surface area contributed by atoms with Crippen LogP contribution in [0.2, 0.25) is 4.34 Å². The smallest absolute Gasteiger partial charge is 0.319 e. The van der Waals surface area contributed by atoms with Gasteiger partial charge in [-0.05, 0) is 19.1 Å². The Kier molecular flexibility index (Phi) is 3.37. The molecule has 0 saturated heterocycles. The highest BCUT2D eigenvalue weighted by Crippen LogP contribution is 2.25. The highest BCUT2D eigenvalue weighted by atomic mass is 35.5. The summed E-state index contributed by atoms with van der Waals surface area (Å²) in [6, 6.07) is 3.31. The molecule has 0 unspecified atom stereocenters. The molecule has 1 aromatic heterocycles. The van der Waals surface area contributed by atoms with E-state index in [1.54, 1.807) is 12.1 Å². The van der Waals surface area contributed by atoms with Gasteiger partial charge in [0.25, 0.3) is 0 Å². The average molecular weight is 205 g/mol. The Morgan fingerprint density at radius 1 is 1.67 bits per heavy atom. The SMILES string of the molecule is CCNC(=O)Nc1ccc(Cl)s1. The lowest BCUT2D eigenvalue weighted by Gasteiger charge is -2.01. The first kappa shape index (κ1) is 9.35. The van der Waals surface area contributed by atoms with E-state index in [0.29, 0.717) is 10.9 Å². The first-order chi connectivity index (χ1) is 5.72. The van der Waals surface area contributed by atoms with E-state index < -0.39 is 0 Å². The number of nitrogens with one attached hydrogen (secondary N) is 2. The van der Waals surface area contributed by atoms with Gasteiger partial charge in [0.05, 0.1) is 9.34 Å². The van der Waals surface area contributed by atoms with Crippen LogP contribution in [-0.4, -0.2) is 12.6 Å². The topological polar surface area (TPSA) is 41.1 Å². The molecule has 0 saturated carbocycles. The third-order valence-electron chi connectivity index (χ3n) is 1.15. The second-order valence-electron chi connectivity index (χ2n) is 2.09. The molecule has 1 aromatic rings. The maximum absolute atomic E-state index is 11.0. The van der Waals surface area contributed by atoms with E-state index in [1.165, 1.54) is 11.3 Å². The van der Waals surface area contributed by atoms with Crippen molar-refractivity contribution in [3.05, 3.63) is 16.5 Å². The number of carbonyl (C=O) groups is 1. The van der Waals surface area contributed by atoms with E-state index in [-0.39, 0.29) is 6.03 Å². The highest BCUT2D eigenvalue weighted by Gasteiger charge is 2.01. The fourth-order valence-corrected chi connectivity index (χ4v) is 1.64. The van der Waals surface area contributed by atoms with Gasteiger partial charge in [-0.2, -0.15) is 0 Å². The van der Waals surface area contributed by atoms with Crippen LogP contribution in [0.25, 0.3) is 0 Å². The zero-order valence-corrected chi connectivity index (χ0v) is 8.13. The molecule has 12 heavy (non-hydrogen) atoms. The Morgan fingerprint density at radius 3 is 2.92 bits per heavy atom. The Hall–Kier alpha value is -0.740. The summed E-state index contributed by atoms with van der Waals surface area (Å²) in [7, 11) is 0. The van der Waals surface area contributed by atoms with Gasteiger partial charge < -0.3 is 5.32 Å². The lowest BCUT2D eigenvalue weighted by Crippen LogP contribution is -2.27. The maximum Gasteiger partial charge on any atom is 0.319 e. The lowest BCUT2D eigenvalue weighted by atomic mass is 10.6. The number of thiophene rings is 1. The van der Waals surface area contributed by atoms with Crippen molar-refractivity contribution in [1.29, 1.82) is 0 Å². The van der Waals surface area contributed by atoms with Crippen molar-refractivity contribution in [2.45, 2.75) is 6.92 Å². The van der Waals surface area contributed by atoms with Crippen molar-refractivity contribution in [1.82, 2.24) is 5.32 Å². The van der Waals surface area contributed by atoms with Crippen LogP contribution in [-0.2, 0) is 0 Å². The van der Waals surface area contributed by atoms with Gasteiger partial charge in [-0.1, -0.05) is 11.6 Å². The number of halogens is 1. The van der Waals surface area contributed by atoms with Gasteiger partial charge in [0.2, 0.25) is 0 Å². The second-order valence-corrected chi connectivity index (χ2v) is 3.80. The molecule has 0 fully saturated rings. The summed E-state index contributed by atoms with van der Waals surface area (Å²) in [5.41, 5.74) is 0. The van der Waals surface area contributed by atoms with Crippen LogP contribution >= 0.6 is 22.9 Å². The molecule has 2 amide bonds. The first-order valence-corrected chi connectivity index (χ1v) is 4.72. The van der Waals surface area contributed by atoms with Gasteiger partial charge in [0, 0.05) is 6.54 Å². The molecular formula is C7H9ClN2OS. The Bertz CT molecular complexity index is 274. The number of rotatable bonds is 2. The molecule has 2 N–H and O–H groups in total. The summed E-state index contributed by atoms with van der Waals surface area (Å²) in [6.45, 7) is 2.48. The molecule has 0 bridgehead atoms. The fourth-order valence-electron chi connectivity index (χ4n) is 0.698. The van der Waals surface area contributed by atoms with Crippen LogP contribution in [0.1, 0.15) is 6.92 Å². The number of anilines is 1. The number of hydrogen-bond acceptors (Lipinski definition) is 2. The molecule has 66 valence electrons. The van der Waals surface area contributed by atoms with Crippen LogP contribution < -0.4 is 10.6 Å². The molecule has 5 heteroatoms. The average Bonchev–Trinajstić information content (AvgIpc) is 2.36. The molecule has 3 nitrogen and oxygen atoms in total. The number of hydrogen-bond donors (Lipinski definition) is 2. The summed E-state index contributed by atoms with van der Waals surface area (Å²) in [5.74, 6) is 0. The molecule has 0 spiro atoms. The number of carbonyl (C=O) groups excluding carboxylic acids is 1. The normalized spacial score (nSPS) is 9.50. The predicted molar refractivity (Wildman–Crippen MR) is 52.0 cm³/mol. The molecule has 0 aliphatic heterocycles. The molecular weight excluding hydrogens is 196 g/mol. The van der Waals surface area contributed by atoms with Crippen molar-refractivity contribution >= 4 is 34.0 Å². The largest absolute Gasteiger partial charge is 0.338 e. The van der Waals surface area contributed by atoms with Gasteiger partial charge in [0.1, 0.15) is 0 Å². The third-order valence-corrected chi connectivity index (χ3v) is 2.29. The second kappa shape index (κ2) is 4.33. The van der Waals surface area contributed by atoms with Crippen LogP contribution in [0.3, 0.4) is 0 Å². The molecule has 0 atom stereocenters. The number of amides is 2. The van der Waals surface area contributed by atoms with Crippen molar-refractivity contribution in [2.75, 3.05) is 11.9 Å². The van der Waals surface area contributed by atoms with E-state index in [2.05, 4.69) is 10.6 Å². The minimum Gasteiger partial charge on any atom is -0.338 e. The Balaban J connectivity index is 2.46. The monoisotopic (exact) mass is 204 g/mol. The first-order valence-electron chi connectivity index (χ1n) is 3.52. The summed E-state index contributed by atoms with van der Waals surface area (Å²) in [6.07, 6.45) is 0. The third kappa shape index (κ3) is 2.71. The van der Waals surface area contributed by atoms with E-state index >= 15 is 0 Å². The maximum atomic E-state index is 11.0.